The molecule has 3 nitrogen and oxygen atoms in total. The summed E-state index contributed by atoms with van der Waals surface area (Å²) < 4.78 is 5.90. The van der Waals surface area contributed by atoms with Crippen LogP contribution in [0.15, 0.2) is 0 Å². The lowest BCUT2D eigenvalue weighted by molar-refractivity contribution is -0.0127. The number of nitrogens with zero attached hydrogens (tertiary/aromatic N) is 1. The van der Waals surface area contributed by atoms with E-state index in [4.69, 9.17) is 4.74 Å². The Kier molecular flexibility index (Phi) is 5.93. The predicted molar refractivity (Wildman–Crippen MR) is 75.9 cm³/mol. The zero-order chi connectivity index (χ0) is 12.8. The van der Waals surface area contributed by atoms with Gasteiger partial charge in [-0.25, -0.2) is 0 Å². The molecular formula is C15H30N2O. The third-order valence-corrected chi connectivity index (χ3v) is 4.42. The first-order chi connectivity index (χ1) is 8.79. The van der Waals surface area contributed by atoms with Crippen molar-refractivity contribution in [2.75, 3.05) is 26.2 Å². The molecule has 0 bridgehead atoms. The Morgan fingerprint density at radius 1 is 1.28 bits per heavy atom. The number of rotatable bonds is 4. The molecule has 18 heavy (non-hydrogen) atoms. The molecule has 2 fully saturated rings. The summed E-state index contributed by atoms with van der Waals surface area (Å²) in [5.41, 5.74) is 0. The van der Waals surface area contributed by atoms with Crippen LogP contribution in [0.5, 0.6) is 0 Å². The zero-order valence-corrected chi connectivity index (χ0v) is 12.2. The molecule has 3 unspecified atom stereocenters. The maximum absolute atomic E-state index is 5.90. The van der Waals surface area contributed by atoms with Gasteiger partial charge in [0.05, 0.1) is 6.10 Å². The molecule has 106 valence electrons. The second-order valence-electron chi connectivity index (χ2n) is 6.02. The highest BCUT2D eigenvalue weighted by Crippen LogP contribution is 2.18. The van der Waals surface area contributed by atoms with E-state index in [9.17, 15) is 0 Å². The molecule has 0 amide bonds. The fourth-order valence-corrected chi connectivity index (χ4v) is 3.22. The summed E-state index contributed by atoms with van der Waals surface area (Å²) in [6, 6.07) is 1.38. The van der Waals surface area contributed by atoms with Crippen LogP contribution in [0.3, 0.4) is 0 Å². The average Bonchev–Trinajstić information content (AvgIpc) is 2.54. The van der Waals surface area contributed by atoms with E-state index < -0.39 is 0 Å². The Labute approximate surface area is 112 Å². The zero-order valence-electron chi connectivity index (χ0n) is 12.2. The van der Waals surface area contributed by atoms with Crippen LogP contribution in [0.2, 0.25) is 0 Å². The molecule has 0 spiro atoms. The number of hydrogen-bond donors (Lipinski definition) is 1. The number of hydrogen-bond acceptors (Lipinski definition) is 3. The molecule has 2 heterocycles. The van der Waals surface area contributed by atoms with E-state index in [-0.39, 0.29) is 0 Å². The van der Waals surface area contributed by atoms with E-state index in [1.165, 1.54) is 51.6 Å². The number of ether oxygens (including phenoxy) is 1. The van der Waals surface area contributed by atoms with Gasteiger partial charge < -0.3 is 10.1 Å². The highest BCUT2D eigenvalue weighted by molar-refractivity contribution is 4.83. The smallest absolute Gasteiger partial charge is 0.0702 e. The van der Waals surface area contributed by atoms with Gasteiger partial charge >= 0.3 is 0 Å². The minimum absolute atomic E-state index is 0.488. The molecule has 3 atom stereocenters. The third kappa shape index (κ3) is 4.22. The molecule has 1 N–H and O–H groups in total. The lowest BCUT2D eigenvalue weighted by Crippen LogP contribution is -2.44. The molecule has 3 heteroatoms. The lowest BCUT2D eigenvalue weighted by atomic mass is 10.1. The maximum atomic E-state index is 5.90. The maximum Gasteiger partial charge on any atom is 0.0702 e. The molecule has 2 aliphatic heterocycles. The van der Waals surface area contributed by atoms with E-state index in [1.807, 2.05) is 0 Å². The quantitative estimate of drug-likeness (QED) is 0.834. The summed E-state index contributed by atoms with van der Waals surface area (Å²) in [6.07, 6.45) is 8.20. The van der Waals surface area contributed by atoms with E-state index in [2.05, 4.69) is 24.1 Å². The summed E-state index contributed by atoms with van der Waals surface area (Å²) in [5.74, 6) is 0. The molecule has 0 aromatic rings. The van der Waals surface area contributed by atoms with Crippen molar-refractivity contribution in [1.82, 2.24) is 10.2 Å². The van der Waals surface area contributed by atoms with Gasteiger partial charge in [-0.2, -0.15) is 0 Å². The Morgan fingerprint density at radius 2 is 2.17 bits per heavy atom. The second-order valence-corrected chi connectivity index (χ2v) is 6.02. The van der Waals surface area contributed by atoms with Gasteiger partial charge in [0.15, 0.2) is 0 Å². The first-order valence-electron chi connectivity index (χ1n) is 7.88. The van der Waals surface area contributed by atoms with Crippen LogP contribution >= 0.6 is 0 Å². The van der Waals surface area contributed by atoms with Gasteiger partial charge in [0.2, 0.25) is 0 Å². The highest BCUT2D eigenvalue weighted by Gasteiger charge is 2.25. The van der Waals surface area contributed by atoms with Crippen molar-refractivity contribution < 1.29 is 4.74 Å². The topological polar surface area (TPSA) is 24.5 Å². The van der Waals surface area contributed by atoms with E-state index in [0.717, 1.165) is 13.2 Å². The lowest BCUT2D eigenvalue weighted by Gasteiger charge is -2.34. The Balaban J connectivity index is 1.85. The summed E-state index contributed by atoms with van der Waals surface area (Å²) in [7, 11) is 0. The van der Waals surface area contributed by atoms with E-state index in [1.54, 1.807) is 0 Å². The molecular weight excluding hydrogens is 224 g/mol. The fraction of sp³-hybridized carbons (Fsp3) is 1.00. The van der Waals surface area contributed by atoms with E-state index in [0.29, 0.717) is 18.2 Å². The van der Waals surface area contributed by atoms with Crippen molar-refractivity contribution in [3.63, 3.8) is 0 Å². The van der Waals surface area contributed by atoms with Crippen molar-refractivity contribution in [2.24, 2.45) is 0 Å². The van der Waals surface area contributed by atoms with Gasteiger partial charge in [-0.1, -0.05) is 13.3 Å². The molecule has 0 aromatic heterocycles. The van der Waals surface area contributed by atoms with Crippen molar-refractivity contribution >= 4 is 0 Å². The molecule has 0 aromatic carbocycles. The standard InChI is InChI=1S/C15H30N2O/c1-3-6-14-11-17(13(2)8-9-16-14)12-15-7-4-5-10-18-15/h13-16H,3-12H2,1-2H3. The summed E-state index contributed by atoms with van der Waals surface area (Å²) >= 11 is 0. The van der Waals surface area contributed by atoms with Gasteiger partial charge in [0, 0.05) is 31.8 Å². The summed E-state index contributed by atoms with van der Waals surface area (Å²) in [4.78, 5) is 2.66. The minimum Gasteiger partial charge on any atom is -0.377 e. The van der Waals surface area contributed by atoms with Gasteiger partial charge in [0.1, 0.15) is 0 Å². The summed E-state index contributed by atoms with van der Waals surface area (Å²) in [6.45, 7) is 9.15. The first kappa shape index (κ1) is 14.3. The highest BCUT2D eigenvalue weighted by atomic mass is 16.5. The normalized spacial score (nSPS) is 35.3. The Morgan fingerprint density at radius 3 is 2.89 bits per heavy atom. The van der Waals surface area contributed by atoms with Crippen LogP contribution in [-0.4, -0.2) is 49.3 Å². The van der Waals surface area contributed by atoms with Crippen LogP contribution in [0.1, 0.15) is 52.4 Å². The molecule has 0 radical (unpaired) electrons. The average molecular weight is 254 g/mol. The van der Waals surface area contributed by atoms with Crippen molar-refractivity contribution in [3.05, 3.63) is 0 Å². The monoisotopic (exact) mass is 254 g/mol. The predicted octanol–water partition coefficient (Wildman–Crippen LogP) is 2.41. The first-order valence-corrected chi connectivity index (χ1v) is 7.88. The van der Waals surface area contributed by atoms with Gasteiger partial charge in [0.25, 0.3) is 0 Å². The molecule has 2 saturated heterocycles. The van der Waals surface area contributed by atoms with Crippen LogP contribution in [-0.2, 0) is 4.74 Å². The van der Waals surface area contributed by atoms with Crippen LogP contribution < -0.4 is 5.32 Å². The van der Waals surface area contributed by atoms with Crippen LogP contribution in [0.25, 0.3) is 0 Å². The molecule has 2 aliphatic rings. The van der Waals surface area contributed by atoms with Crippen molar-refractivity contribution in [2.45, 2.75) is 70.6 Å². The van der Waals surface area contributed by atoms with Crippen LogP contribution in [0, 0.1) is 0 Å². The van der Waals surface area contributed by atoms with E-state index >= 15 is 0 Å². The van der Waals surface area contributed by atoms with Crippen molar-refractivity contribution in [3.8, 4) is 0 Å². The summed E-state index contributed by atoms with van der Waals surface area (Å²) in [5, 5.41) is 3.70. The van der Waals surface area contributed by atoms with Crippen molar-refractivity contribution in [1.29, 1.82) is 0 Å². The van der Waals surface area contributed by atoms with Gasteiger partial charge in [-0.05, 0) is 45.6 Å². The van der Waals surface area contributed by atoms with Gasteiger partial charge in [-0.15, -0.1) is 0 Å². The Bertz CT molecular complexity index is 229. The molecule has 0 saturated carbocycles. The second kappa shape index (κ2) is 7.46. The molecule has 2 rings (SSSR count). The molecule has 0 aliphatic carbocycles. The minimum atomic E-state index is 0.488. The number of nitrogens with one attached hydrogen (secondary N) is 1. The SMILES string of the molecule is CCCC1CN(CC2CCCCO2)C(C)CCN1. The Hall–Kier alpha value is -0.120. The van der Waals surface area contributed by atoms with Gasteiger partial charge in [-0.3, -0.25) is 4.90 Å². The van der Waals surface area contributed by atoms with Crippen LogP contribution in [0.4, 0.5) is 0 Å². The largest absolute Gasteiger partial charge is 0.377 e. The third-order valence-electron chi connectivity index (χ3n) is 4.42. The fourth-order valence-electron chi connectivity index (χ4n) is 3.22.